The molecule has 3 nitrogen and oxygen atoms in total. The number of rotatable bonds is 5. The second kappa shape index (κ2) is 7.43. The number of hydrogen-bond acceptors (Lipinski definition) is 3. The Hall–Kier alpha value is -1.42. The predicted octanol–water partition coefficient (Wildman–Crippen LogP) is 3.55. The molecule has 1 aromatic heterocycles. The summed E-state index contributed by atoms with van der Waals surface area (Å²) in [6, 6.07) is 14.0. The molecule has 1 aliphatic rings. The maximum Gasteiger partial charge on any atom is 0.0543 e. The van der Waals surface area contributed by atoms with Gasteiger partial charge in [-0.25, -0.2) is 0 Å². The molecule has 1 saturated heterocycles. The maximum absolute atomic E-state index is 10.1. The summed E-state index contributed by atoms with van der Waals surface area (Å²) in [4.78, 5) is 6.83. The smallest absolute Gasteiger partial charge is 0.0543 e. The second-order valence-corrected chi connectivity index (χ2v) is 7.04. The highest BCUT2D eigenvalue weighted by molar-refractivity contribution is 6.30. The van der Waals surface area contributed by atoms with E-state index in [1.807, 2.05) is 36.5 Å². The summed E-state index contributed by atoms with van der Waals surface area (Å²) in [5.41, 5.74) is 2.20. The lowest BCUT2D eigenvalue weighted by Crippen LogP contribution is -2.46. The van der Waals surface area contributed by atoms with E-state index < -0.39 is 0 Å². The molecule has 0 spiro atoms. The molecule has 1 N–H and O–H groups in total. The second-order valence-electron chi connectivity index (χ2n) is 6.60. The van der Waals surface area contributed by atoms with E-state index in [0.29, 0.717) is 0 Å². The van der Waals surface area contributed by atoms with E-state index >= 15 is 0 Å². The minimum Gasteiger partial charge on any atom is -0.396 e. The van der Waals surface area contributed by atoms with Gasteiger partial charge in [0.25, 0.3) is 0 Å². The van der Waals surface area contributed by atoms with Crippen molar-refractivity contribution in [3.05, 3.63) is 64.9 Å². The van der Waals surface area contributed by atoms with Crippen molar-refractivity contribution in [2.24, 2.45) is 5.41 Å². The molecule has 0 amide bonds. The van der Waals surface area contributed by atoms with E-state index in [1.165, 1.54) is 5.56 Å². The van der Waals surface area contributed by atoms with E-state index in [9.17, 15) is 5.11 Å². The molecule has 1 aliphatic heterocycles. The minimum absolute atomic E-state index is 0.0856. The van der Waals surface area contributed by atoms with Crippen molar-refractivity contribution in [2.75, 3.05) is 19.7 Å². The minimum atomic E-state index is -0.0856. The summed E-state index contributed by atoms with van der Waals surface area (Å²) >= 11 is 6.11. The van der Waals surface area contributed by atoms with E-state index in [4.69, 9.17) is 11.6 Å². The number of nitrogens with zero attached hydrogens (tertiary/aromatic N) is 2. The number of likely N-dealkylation sites (tertiary alicyclic amines) is 1. The Morgan fingerprint density at radius 3 is 2.87 bits per heavy atom. The number of aliphatic hydroxyl groups excluding tert-OH is 1. The Labute approximate surface area is 142 Å². The van der Waals surface area contributed by atoms with Crippen molar-refractivity contribution < 1.29 is 5.11 Å². The van der Waals surface area contributed by atoms with Crippen molar-refractivity contribution in [1.82, 2.24) is 9.88 Å². The summed E-state index contributed by atoms with van der Waals surface area (Å²) in [6.45, 7) is 3.01. The number of aliphatic hydroxyl groups is 1. The van der Waals surface area contributed by atoms with Crippen LogP contribution in [0.4, 0.5) is 0 Å². The number of pyridine rings is 1. The van der Waals surface area contributed by atoms with Crippen LogP contribution in [0.25, 0.3) is 0 Å². The summed E-state index contributed by atoms with van der Waals surface area (Å²) in [6.07, 6.45) is 4.86. The monoisotopic (exact) mass is 330 g/mol. The van der Waals surface area contributed by atoms with Gasteiger partial charge in [0.15, 0.2) is 0 Å². The standard InChI is InChI=1S/C19H23ClN2O/c20-17-6-3-5-16(11-17)12-19(15-23)8-4-10-22(14-19)13-18-7-1-2-9-21-18/h1-3,5-7,9,11,23H,4,8,10,12-15H2/t19-/m0/s1. The summed E-state index contributed by atoms with van der Waals surface area (Å²) in [5, 5.41) is 10.8. The molecule has 23 heavy (non-hydrogen) atoms. The van der Waals surface area contributed by atoms with E-state index in [2.05, 4.69) is 22.0 Å². The number of benzene rings is 1. The Morgan fingerprint density at radius 1 is 1.22 bits per heavy atom. The molecule has 1 fully saturated rings. The normalized spacial score (nSPS) is 22.2. The predicted molar refractivity (Wildman–Crippen MR) is 93.4 cm³/mol. The van der Waals surface area contributed by atoms with Crippen LogP contribution < -0.4 is 0 Å². The van der Waals surface area contributed by atoms with Gasteiger partial charge in [0, 0.05) is 29.7 Å². The van der Waals surface area contributed by atoms with Gasteiger partial charge in [-0.1, -0.05) is 29.8 Å². The van der Waals surface area contributed by atoms with Gasteiger partial charge in [0.1, 0.15) is 0 Å². The van der Waals surface area contributed by atoms with Crippen LogP contribution >= 0.6 is 11.6 Å². The van der Waals surface area contributed by atoms with E-state index in [1.54, 1.807) is 0 Å². The van der Waals surface area contributed by atoms with Crippen LogP contribution in [0.1, 0.15) is 24.1 Å². The Kier molecular flexibility index (Phi) is 5.31. The molecule has 0 aliphatic carbocycles. The molecule has 4 heteroatoms. The highest BCUT2D eigenvalue weighted by Gasteiger charge is 2.35. The summed E-state index contributed by atoms with van der Waals surface area (Å²) in [5.74, 6) is 0. The number of halogens is 1. The number of hydrogen-bond donors (Lipinski definition) is 1. The van der Waals surface area contributed by atoms with Crippen molar-refractivity contribution in [1.29, 1.82) is 0 Å². The lowest BCUT2D eigenvalue weighted by molar-refractivity contribution is 0.0283. The fourth-order valence-corrected chi connectivity index (χ4v) is 3.79. The zero-order chi connectivity index (χ0) is 16.1. The molecule has 1 atom stereocenters. The zero-order valence-electron chi connectivity index (χ0n) is 13.3. The molecule has 0 bridgehead atoms. The van der Waals surface area contributed by atoms with Gasteiger partial charge in [0.2, 0.25) is 0 Å². The maximum atomic E-state index is 10.1. The lowest BCUT2D eigenvalue weighted by Gasteiger charge is -2.42. The summed E-state index contributed by atoms with van der Waals surface area (Å²) < 4.78 is 0. The highest BCUT2D eigenvalue weighted by atomic mass is 35.5. The van der Waals surface area contributed by atoms with Crippen molar-refractivity contribution in [2.45, 2.75) is 25.8 Å². The molecular weight excluding hydrogens is 308 g/mol. The van der Waals surface area contributed by atoms with Gasteiger partial charge < -0.3 is 5.11 Å². The number of piperidine rings is 1. The lowest BCUT2D eigenvalue weighted by atomic mass is 9.75. The average molecular weight is 331 g/mol. The van der Waals surface area contributed by atoms with Crippen LogP contribution in [-0.2, 0) is 13.0 Å². The first-order valence-electron chi connectivity index (χ1n) is 8.17. The van der Waals surface area contributed by atoms with Gasteiger partial charge in [0.05, 0.1) is 12.3 Å². The fourth-order valence-electron chi connectivity index (χ4n) is 3.58. The van der Waals surface area contributed by atoms with Crippen LogP contribution in [0.5, 0.6) is 0 Å². The highest BCUT2D eigenvalue weighted by Crippen LogP contribution is 2.34. The van der Waals surface area contributed by atoms with Gasteiger partial charge >= 0.3 is 0 Å². The third-order valence-electron chi connectivity index (χ3n) is 4.66. The Bertz CT molecular complexity index is 634. The average Bonchev–Trinajstić information content (AvgIpc) is 2.56. The third-order valence-corrected chi connectivity index (χ3v) is 4.89. The van der Waals surface area contributed by atoms with Crippen LogP contribution in [0.2, 0.25) is 5.02 Å². The molecule has 2 heterocycles. The third kappa shape index (κ3) is 4.31. The van der Waals surface area contributed by atoms with Crippen LogP contribution in [0.3, 0.4) is 0 Å². The first kappa shape index (κ1) is 16.4. The van der Waals surface area contributed by atoms with Crippen molar-refractivity contribution in [3.63, 3.8) is 0 Å². The molecule has 0 radical (unpaired) electrons. The summed E-state index contributed by atoms with van der Waals surface area (Å²) in [7, 11) is 0. The molecule has 2 aromatic rings. The van der Waals surface area contributed by atoms with Crippen LogP contribution in [0.15, 0.2) is 48.7 Å². The molecule has 3 rings (SSSR count). The first-order chi connectivity index (χ1) is 11.2. The van der Waals surface area contributed by atoms with Gasteiger partial charge in [-0.2, -0.15) is 0 Å². The van der Waals surface area contributed by atoms with Gasteiger partial charge in [-0.05, 0) is 55.6 Å². The van der Waals surface area contributed by atoms with Crippen molar-refractivity contribution in [3.8, 4) is 0 Å². The largest absolute Gasteiger partial charge is 0.396 e. The van der Waals surface area contributed by atoms with Crippen molar-refractivity contribution >= 4 is 11.6 Å². The fraction of sp³-hybridized carbons (Fsp3) is 0.421. The molecule has 1 aromatic carbocycles. The van der Waals surface area contributed by atoms with E-state index in [-0.39, 0.29) is 12.0 Å². The number of aromatic nitrogens is 1. The molecule has 0 unspecified atom stereocenters. The molecule has 122 valence electrons. The van der Waals surface area contributed by atoms with Crippen LogP contribution in [0, 0.1) is 5.41 Å². The molecule has 0 saturated carbocycles. The SMILES string of the molecule is OC[C@]1(Cc2cccc(Cl)c2)CCCN(Cc2ccccn2)C1. The molecular formula is C19H23ClN2O. The quantitative estimate of drug-likeness (QED) is 0.910. The van der Waals surface area contributed by atoms with E-state index in [0.717, 1.165) is 49.6 Å². The van der Waals surface area contributed by atoms with Gasteiger partial charge in [-0.3, -0.25) is 9.88 Å². The first-order valence-corrected chi connectivity index (χ1v) is 8.55. The Morgan fingerprint density at radius 2 is 2.13 bits per heavy atom. The zero-order valence-corrected chi connectivity index (χ0v) is 14.0. The Balaban J connectivity index is 1.71. The van der Waals surface area contributed by atoms with Crippen LogP contribution in [-0.4, -0.2) is 34.7 Å². The topological polar surface area (TPSA) is 36.4 Å². The van der Waals surface area contributed by atoms with Gasteiger partial charge in [-0.15, -0.1) is 0 Å².